The van der Waals surface area contributed by atoms with E-state index in [1.165, 1.54) is 0 Å². The van der Waals surface area contributed by atoms with Crippen molar-refractivity contribution < 1.29 is 22.0 Å². The highest BCUT2D eigenvalue weighted by Crippen LogP contribution is 2.20. The Morgan fingerprint density at radius 2 is 1.79 bits per heavy atom. The SMILES string of the molecule is CC(C)(C)NC(=O)c1c(F)ccc(S(N)(=O)=O)c1F. The summed E-state index contributed by atoms with van der Waals surface area (Å²) in [5, 5.41) is 7.12. The Morgan fingerprint density at radius 3 is 2.21 bits per heavy atom. The van der Waals surface area contributed by atoms with E-state index in [9.17, 15) is 22.0 Å². The van der Waals surface area contributed by atoms with Crippen LogP contribution in [0.15, 0.2) is 17.0 Å². The maximum Gasteiger partial charge on any atom is 0.257 e. The number of sulfonamides is 1. The van der Waals surface area contributed by atoms with Gasteiger partial charge in [0, 0.05) is 5.54 Å². The first kappa shape index (κ1) is 15.5. The first-order chi connectivity index (χ1) is 8.43. The summed E-state index contributed by atoms with van der Waals surface area (Å²) in [6.45, 7) is 4.85. The van der Waals surface area contributed by atoms with E-state index >= 15 is 0 Å². The number of carbonyl (C=O) groups is 1. The van der Waals surface area contributed by atoms with Gasteiger partial charge >= 0.3 is 0 Å². The minimum atomic E-state index is -4.37. The Kier molecular flexibility index (Phi) is 3.97. The highest BCUT2D eigenvalue weighted by molar-refractivity contribution is 7.89. The van der Waals surface area contributed by atoms with Crippen molar-refractivity contribution in [2.75, 3.05) is 0 Å². The molecule has 0 radical (unpaired) electrons. The van der Waals surface area contributed by atoms with Crippen LogP contribution in [-0.4, -0.2) is 19.9 Å². The predicted molar refractivity (Wildman–Crippen MR) is 65.0 cm³/mol. The van der Waals surface area contributed by atoms with Gasteiger partial charge in [0.15, 0.2) is 5.82 Å². The summed E-state index contributed by atoms with van der Waals surface area (Å²) in [5.41, 5.74) is -1.70. The molecule has 1 aromatic rings. The summed E-state index contributed by atoms with van der Waals surface area (Å²) >= 11 is 0. The third kappa shape index (κ3) is 3.71. The van der Waals surface area contributed by atoms with E-state index in [2.05, 4.69) is 5.32 Å². The van der Waals surface area contributed by atoms with E-state index in [0.717, 1.165) is 0 Å². The number of carbonyl (C=O) groups excluding carboxylic acids is 1. The maximum absolute atomic E-state index is 13.9. The fraction of sp³-hybridized carbons (Fsp3) is 0.364. The standard InChI is InChI=1S/C11H14F2N2O3S/c1-11(2,3)15-10(16)8-6(12)4-5-7(9(8)13)19(14,17)18/h4-5H,1-3H3,(H,15,16)(H2,14,17,18). The highest BCUT2D eigenvalue weighted by atomic mass is 32.2. The number of halogens is 2. The molecule has 0 aliphatic rings. The van der Waals surface area contributed by atoms with Crippen LogP contribution >= 0.6 is 0 Å². The van der Waals surface area contributed by atoms with Crippen molar-refractivity contribution in [1.82, 2.24) is 5.32 Å². The summed E-state index contributed by atoms with van der Waals surface area (Å²) in [4.78, 5) is 10.8. The normalized spacial score (nSPS) is 12.3. The second-order valence-electron chi connectivity index (χ2n) is 4.98. The molecule has 0 saturated heterocycles. The number of hydrogen-bond donors (Lipinski definition) is 2. The van der Waals surface area contributed by atoms with Gasteiger partial charge in [0.05, 0.1) is 0 Å². The van der Waals surface area contributed by atoms with E-state index in [0.29, 0.717) is 12.1 Å². The number of benzene rings is 1. The molecule has 8 heteroatoms. The van der Waals surface area contributed by atoms with Crippen LogP contribution in [0.1, 0.15) is 31.1 Å². The van der Waals surface area contributed by atoms with E-state index in [4.69, 9.17) is 5.14 Å². The number of nitrogens with one attached hydrogen (secondary N) is 1. The Labute approximate surface area is 109 Å². The Hall–Kier alpha value is -1.54. The molecular formula is C11H14F2N2O3S. The Bertz CT molecular complexity index is 622. The largest absolute Gasteiger partial charge is 0.347 e. The first-order valence-electron chi connectivity index (χ1n) is 5.27. The Balaban J connectivity index is 3.40. The van der Waals surface area contributed by atoms with Crippen LogP contribution in [-0.2, 0) is 10.0 Å². The molecule has 1 aromatic carbocycles. The molecule has 1 amide bonds. The molecular weight excluding hydrogens is 278 g/mol. The molecule has 0 saturated carbocycles. The zero-order chi connectivity index (χ0) is 15.0. The molecule has 0 bridgehead atoms. The smallest absolute Gasteiger partial charge is 0.257 e. The van der Waals surface area contributed by atoms with E-state index in [1.54, 1.807) is 20.8 Å². The third-order valence-electron chi connectivity index (χ3n) is 2.08. The number of hydrogen-bond acceptors (Lipinski definition) is 3. The molecule has 106 valence electrons. The van der Waals surface area contributed by atoms with Gasteiger partial charge in [-0.2, -0.15) is 0 Å². The molecule has 0 unspecified atom stereocenters. The second-order valence-corrected chi connectivity index (χ2v) is 6.51. The molecule has 0 heterocycles. The van der Waals surface area contributed by atoms with Gasteiger partial charge < -0.3 is 5.32 Å². The van der Waals surface area contributed by atoms with Gasteiger partial charge in [0.1, 0.15) is 16.3 Å². The van der Waals surface area contributed by atoms with Crippen LogP contribution in [0.3, 0.4) is 0 Å². The number of rotatable bonds is 2. The molecule has 0 aliphatic carbocycles. The van der Waals surface area contributed by atoms with E-state index in [1.807, 2.05) is 0 Å². The van der Waals surface area contributed by atoms with Crippen LogP contribution in [0.2, 0.25) is 0 Å². The van der Waals surface area contributed by atoms with Crippen LogP contribution in [0.4, 0.5) is 8.78 Å². The molecule has 0 aromatic heterocycles. The predicted octanol–water partition coefficient (Wildman–Crippen LogP) is 1.14. The van der Waals surface area contributed by atoms with Crippen molar-refractivity contribution in [3.63, 3.8) is 0 Å². The highest BCUT2D eigenvalue weighted by Gasteiger charge is 2.27. The molecule has 5 nitrogen and oxygen atoms in total. The van der Waals surface area contributed by atoms with Crippen molar-refractivity contribution in [1.29, 1.82) is 0 Å². The molecule has 0 fully saturated rings. The summed E-state index contributed by atoms with van der Waals surface area (Å²) < 4.78 is 49.6. The summed E-state index contributed by atoms with van der Waals surface area (Å²) in [5.74, 6) is -3.70. The lowest BCUT2D eigenvalue weighted by molar-refractivity contribution is 0.0910. The van der Waals surface area contributed by atoms with Crippen molar-refractivity contribution in [3.05, 3.63) is 29.3 Å². The van der Waals surface area contributed by atoms with E-state index in [-0.39, 0.29) is 0 Å². The molecule has 0 aliphatic heterocycles. The monoisotopic (exact) mass is 292 g/mol. The maximum atomic E-state index is 13.9. The quantitative estimate of drug-likeness (QED) is 0.856. The summed E-state index contributed by atoms with van der Waals surface area (Å²) in [6, 6.07) is 1.36. The molecule has 0 atom stereocenters. The van der Waals surface area contributed by atoms with Crippen LogP contribution in [0.25, 0.3) is 0 Å². The van der Waals surface area contributed by atoms with Gasteiger partial charge in [-0.3, -0.25) is 4.79 Å². The molecule has 0 spiro atoms. The average Bonchev–Trinajstić information content (AvgIpc) is 2.11. The number of primary sulfonamides is 1. The zero-order valence-electron chi connectivity index (χ0n) is 10.6. The van der Waals surface area contributed by atoms with E-state index < -0.39 is 43.6 Å². The topological polar surface area (TPSA) is 89.3 Å². The summed E-state index contributed by atoms with van der Waals surface area (Å²) in [6.07, 6.45) is 0. The van der Waals surface area contributed by atoms with Gasteiger partial charge in [-0.25, -0.2) is 22.3 Å². The van der Waals surface area contributed by atoms with Gasteiger partial charge in [0.25, 0.3) is 5.91 Å². The lowest BCUT2D eigenvalue weighted by atomic mass is 10.1. The second kappa shape index (κ2) is 4.86. The minimum Gasteiger partial charge on any atom is -0.347 e. The first-order valence-corrected chi connectivity index (χ1v) is 6.81. The fourth-order valence-electron chi connectivity index (χ4n) is 1.36. The number of amides is 1. The summed E-state index contributed by atoms with van der Waals surface area (Å²) in [7, 11) is -4.37. The van der Waals surface area contributed by atoms with Crippen molar-refractivity contribution in [2.45, 2.75) is 31.2 Å². The van der Waals surface area contributed by atoms with Crippen LogP contribution in [0, 0.1) is 11.6 Å². The van der Waals surface area contributed by atoms with Gasteiger partial charge in [-0.05, 0) is 32.9 Å². The van der Waals surface area contributed by atoms with Gasteiger partial charge in [-0.1, -0.05) is 0 Å². The number of nitrogens with two attached hydrogens (primary N) is 1. The van der Waals surface area contributed by atoms with Crippen LogP contribution < -0.4 is 10.5 Å². The van der Waals surface area contributed by atoms with Crippen molar-refractivity contribution in [2.24, 2.45) is 5.14 Å². The zero-order valence-corrected chi connectivity index (χ0v) is 11.4. The van der Waals surface area contributed by atoms with Gasteiger partial charge in [-0.15, -0.1) is 0 Å². The molecule has 1 rings (SSSR count). The average molecular weight is 292 g/mol. The van der Waals surface area contributed by atoms with Crippen molar-refractivity contribution in [3.8, 4) is 0 Å². The fourth-order valence-corrected chi connectivity index (χ4v) is 1.97. The molecule has 3 N–H and O–H groups in total. The van der Waals surface area contributed by atoms with Crippen molar-refractivity contribution >= 4 is 15.9 Å². The third-order valence-corrected chi connectivity index (χ3v) is 3.01. The Morgan fingerprint density at radius 1 is 1.26 bits per heavy atom. The van der Waals surface area contributed by atoms with Crippen LogP contribution in [0.5, 0.6) is 0 Å². The lowest BCUT2D eigenvalue weighted by Crippen LogP contribution is -2.41. The van der Waals surface area contributed by atoms with Gasteiger partial charge in [0.2, 0.25) is 10.0 Å². The molecule has 19 heavy (non-hydrogen) atoms. The minimum absolute atomic E-state index is 0.674. The lowest BCUT2D eigenvalue weighted by Gasteiger charge is -2.21.